The number of sulfonamides is 1. The normalized spacial score (nSPS) is 11.2. The fraction of sp³-hybridized carbons (Fsp3) is 0.409. The van der Waals surface area contributed by atoms with Crippen LogP contribution in [0.1, 0.15) is 36.5 Å². The number of ether oxygens (including phenoxy) is 1. The van der Waals surface area contributed by atoms with Crippen molar-refractivity contribution >= 4 is 21.6 Å². The quantitative estimate of drug-likeness (QED) is 0.640. The predicted octanol–water partition coefficient (Wildman–Crippen LogP) is 3.56. The van der Waals surface area contributed by atoms with Crippen LogP contribution in [0.15, 0.2) is 42.5 Å². The van der Waals surface area contributed by atoms with E-state index in [-0.39, 0.29) is 18.9 Å². The van der Waals surface area contributed by atoms with Gasteiger partial charge in [0.05, 0.1) is 18.6 Å². The molecule has 6 nitrogen and oxygen atoms in total. The summed E-state index contributed by atoms with van der Waals surface area (Å²) in [6.07, 6.45) is 1.88. The van der Waals surface area contributed by atoms with Crippen LogP contribution >= 0.6 is 0 Å². The smallest absolute Gasteiger partial charge is 0.232 e. The molecule has 7 heteroatoms. The van der Waals surface area contributed by atoms with Gasteiger partial charge in [-0.15, -0.1) is 0 Å². The minimum Gasteiger partial charge on any atom is -0.494 e. The molecule has 0 aliphatic rings. The Morgan fingerprint density at radius 3 is 2.52 bits per heavy atom. The molecular weight excluding hydrogens is 388 g/mol. The molecule has 0 aliphatic heterocycles. The molecule has 0 aromatic heterocycles. The van der Waals surface area contributed by atoms with Crippen molar-refractivity contribution in [3.63, 3.8) is 0 Å². The largest absolute Gasteiger partial charge is 0.494 e. The molecule has 0 radical (unpaired) electrons. The molecule has 0 saturated carbocycles. The number of nitrogens with one attached hydrogen (secondary N) is 1. The van der Waals surface area contributed by atoms with Gasteiger partial charge in [0, 0.05) is 19.5 Å². The van der Waals surface area contributed by atoms with E-state index in [1.165, 1.54) is 10.6 Å². The lowest BCUT2D eigenvalue weighted by Gasteiger charge is -2.23. The van der Waals surface area contributed by atoms with Crippen molar-refractivity contribution in [1.82, 2.24) is 5.32 Å². The van der Waals surface area contributed by atoms with Gasteiger partial charge in [-0.3, -0.25) is 9.10 Å². The Labute approximate surface area is 173 Å². The van der Waals surface area contributed by atoms with E-state index in [2.05, 4.69) is 5.32 Å². The van der Waals surface area contributed by atoms with E-state index in [0.717, 1.165) is 22.4 Å². The molecule has 0 spiro atoms. The summed E-state index contributed by atoms with van der Waals surface area (Å²) in [6, 6.07) is 13.2. The highest BCUT2D eigenvalue weighted by molar-refractivity contribution is 7.92. The van der Waals surface area contributed by atoms with Gasteiger partial charge >= 0.3 is 0 Å². The van der Waals surface area contributed by atoms with Crippen LogP contribution in [0.5, 0.6) is 5.75 Å². The number of hydrogen-bond acceptors (Lipinski definition) is 4. The van der Waals surface area contributed by atoms with E-state index in [1.807, 2.05) is 57.2 Å². The topological polar surface area (TPSA) is 75.7 Å². The second kappa shape index (κ2) is 10.3. The zero-order valence-electron chi connectivity index (χ0n) is 17.6. The third-order valence-corrected chi connectivity index (χ3v) is 5.84. The first-order chi connectivity index (χ1) is 13.7. The first kappa shape index (κ1) is 22.7. The van der Waals surface area contributed by atoms with E-state index in [1.54, 1.807) is 6.07 Å². The van der Waals surface area contributed by atoms with Gasteiger partial charge in [0.1, 0.15) is 5.75 Å². The second-order valence-corrected chi connectivity index (χ2v) is 8.97. The van der Waals surface area contributed by atoms with Gasteiger partial charge in [-0.2, -0.15) is 0 Å². The zero-order chi connectivity index (χ0) is 21.4. The molecule has 0 heterocycles. The monoisotopic (exact) mass is 418 g/mol. The van der Waals surface area contributed by atoms with Crippen LogP contribution in [0.3, 0.4) is 0 Å². The molecule has 0 saturated heterocycles. The lowest BCUT2D eigenvalue weighted by Crippen LogP contribution is -2.32. The lowest BCUT2D eigenvalue weighted by atomic mass is 10.1. The van der Waals surface area contributed by atoms with Gasteiger partial charge in [-0.25, -0.2) is 8.42 Å². The van der Waals surface area contributed by atoms with Crippen molar-refractivity contribution in [2.24, 2.45) is 0 Å². The fourth-order valence-electron chi connectivity index (χ4n) is 2.95. The molecule has 1 amide bonds. The van der Waals surface area contributed by atoms with Crippen LogP contribution in [0.4, 0.5) is 5.69 Å². The van der Waals surface area contributed by atoms with E-state index in [0.29, 0.717) is 25.3 Å². The predicted molar refractivity (Wildman–Crippen MR) is 117 cm³/mol. The van der Waals surface area contributed by atoms with E-state index < -0.39 is 10.0 Å². The van der Waals surface area contributed by atoms with Gasteiger partial charge in [-0.1, -0.05) is 18.2 Å². The summed E-state index contributed by atoms with van der Waals surface area (Å²) in [5, 5.41) is 2.87. The molecule has 0 bridgehead atoms. The van der Waals surface area contributed by atoms with E-state index >= 15 is 0 Å². The average Bonchev–Trinajstić information content (AvgIpc) is 2.65. The standard InChI is InChI=1S/C22H30N2O4S/c1-5-28-21-9-6-8-19(15-21)16-23-22(25)10-7-13-24(29(4,26)27)20-12-11-17(2)18(3)14-20/h6,8-9,11-12,14-15H,5,7,10,13,16H2,1-4H3,(H,23,25). The molecule has 1 N–H and O–H groups in total. The minimum absolute atomic E-state index is 0.111. The molecule has 0 fully saturated rings. The molecule has 2 aromatic rings. The highest BCUT2D eigenvalue weighted by atomic mass is 32.2. The Bertz CT molecular complexity index is 942. The van der Waals surface area contributed by atoms with Gasteiger partial charge < -0.3 is 10.1 Å². The van der Waals surface area contributed by atoms with Crippen LogP contribution in [-0.4, -0.2) is 33.7 Å². The van der Waals surface area contributed by atoms with Crippen molar-refractivity contribution < 1.29 is 17.9 Å². The maximum Gasteiger partial charge on any atom is 0.232 e. The SMILES string of the molecule is CCOc1cccc(CNC(=O)CCCN(c2ccc(C)c(C)c2)S(C)(=O)=O)c1. The van der Waals surface area contributed by atoms with E-state index in [9.17, 15) is 13.2 Å². The number of rotatable bonds is 10. The number of anilines is 1. The highest BCUT2D eigenvalue weighted by Crippen LogP contribution is 2.21. The molecule has 2 rings (SSSR count). The Hall–Kier alpha value is -2.54. The van der Waals surface area contributed by atoms with Crippen LogP contribution in [0.2, 0.25) is 0 Å². The molecule has 0 aliphatic carbocycles. The van der Waals surface area contributed by atoms with Gasteiger partial charge in [0.15, 0.2) is 0 Å². The number of nitrogens with zero attached hydrogens (tertiary/aromatic N) is 1. The maximum absolute atomic E-state index is 12.2. The van der Waals surface area contributed by atoms with Crippen LogP contribution in [0, 0.1) is 13.8 Å². The summed E-state index contributed by atoms with van der Waals surface area (Å²) in [5.41, 5.74) is 3.72. The molecule has 2 aromatic carbocycles. The number of amides is 1. The Morgan fingerprint density at radius 1 is 1.10 bits per heavy atom. The van der Waals surface area contributed by atoms with Gasteiger partial charge in [0.25, 0.3) is 0 Å². The molecule has 29 heavy (non-hydrogen) atoms. The Morgan fingerprint density at radius 2 is 1.86 bits per heavy atom. The molecule has 0 unspecified atom stereocenters. The van der Waals surface area contributed by atoms with E-state index in [4.69, 9.17) is 4.74 Å². The molecular formula is C22H30N2O4S. The number of carbonyl (C=O) groups excluding carboxylic acids is 1. The van der Waals surface area contributed by atoms with Crippen molar-refractivity contribution in [3.8, 4) is 5.75 Å². The third-order valence-electron chi connectivity index (χ3n) is 4.64. The van der Waals surface area contributed by atoms with Crippen molar-refractivity contribution in [2.75, 3.05) is 23.7 Å². The summed E-state index contributed by atoms with van der Waals surface area (Å²) < 4.78 is 31.2. The van der Waals surface area contributed by atoms with Crippen molar-refractivity contribution in [3.05, 3.63) is 59.2 Å². The third kappa shape index (κ3) is 7.09. The number of aryl methyl sites for hydroxylation is 2. The fourth-order valence-corrected chi connectivity index (χ4v) is 3.91. The lowest BCUT2D eigenvalue weighted by molar-refractivity contribution is -0.121. The van der Waals surface area contributed by atoms with Crippen LogP contribution in [-0.2, 0) is 21.4 Å². The summed E-state index contributed by atoms with van der Waals surface area (Å²) >= 11 is 0. The summed E-state index contributed by atoms with van der Waals surface area (Å²) in [6.45, 7) is 7.12. The summed E-state index contributed by atoms with van der Waals surface area (Å²) in [7, 11) is -3.42. The van der Waals surface area contributed by atoms with Crippen molar-refractivity contribution in [1.29, 1.82) is 0 Å². The Balaban J connectivity index is 1.89. The summed E-state index contributed by atoms with van der Waals surface area (Å²) in [5.74, 6) is 0.664. The molecule has 0 atom stereocenters. The average molecular weight is 419 g/mol. The highest BCUT2D eigenvalue weighted by Gasteiger charge is 2.18. The van der Waals surface area contributed by atoms with Crippen LogP contribution < -0.4 is 14.4 Å². The van der Waals surface area contributed by atoms with Crippen molar-refractivity contribution in [2.45, 2.75) is 40.2 Å². The minimum atomic E-state index is -3.42. The first-order valence-electron chi connectivity index (χ1n) is 9.74. The number of benzene rings is 2. The number of carbonyl (C=O) groups is 1. The first-order valence-corrected chi connectivity index (χ1v) is 11.6. The molecule has 158 valence electrons. The van der Waals surface area contributed by atoms with Gasteiger partial charge in [0.2, 0.25) is 15.9 Å². The maximum atomic E-state index is 12.2. The number of hydrogen-bond donors (Lipinski definition) is 1. The second-order valence-electron chi connectivity index (χ2n) is 7.06. The van der Waals surface area contributed by atoms with Gasteiger partial charge in [-0.05, 0) is 68.1 Å². The summed E-state index contributed by atoms with van der Waals surface area (Å²) in [4.78, 5) is 12.2. The zero-order valence-corrected chi connectivity index (χ0v) is 18.4. The Kier molecular flexibility index (Phi) is 8.08. The van der Waals surface area contributed by atoms with Crippen LogP contribution in [0.25, 0.3) is 0 Å².